The van der Waals surface area contributed by atoms with Crippen molar-refractivity contribution in [2.24, 2.45) is 0 Å². The molecule has 0 bridgehead atoms. The second-order valence-corrected chi connectivity index (χ2v) is 5.12. The molecular weight excluding hydrogens is 274 g/mol. The summed E-state index contributed by atoms with van der Waals surface area (Å²) in [5, 5.41) is 14.6. The highest BCUT2D eigenvalue weighted by atomic mass is 16.5. The van der Waals surface area contributed by atoms with Gasteiger partial charge in [-0.2, -0.15) is 0 Å². The molecule has 0 spiro atoms. The van der Waals surface area contributed by atoms with Crippen LogP contribution >= 0.6 is 0 Å². The Balaban J connectivity index is 2.00. The maximum Gasteiger partial charge on any atom is 0.329 e. The van der Waals surface area contributed by atoms with Gasteiger partial charge in [-0.3, -0.25) is 0 Å². The van der Waals surface area contributed by atoms with Gasteiger partial charge in [0.1, 0.15) is 5.54 Å². The van der Waals surface area contributed by atoms with Gasteiger partial charge in [0.25, 0.3) is 0 Å². The molecule has 21 heavy (non-hydrogen) atoms. The summed E-state index contributed by atoms with van der Waals surface area (Å²) in [6.45, 7) is 0. The molecule has 1 aliphatic carbocycles. The number of aliphatic carboxylic acids is 1. The fraction of sp³-hybridized carbons (Fsp3) is 0.500. The number of carbonyl (C=O) groups excluding carboxylic acids is 1. The third-order valence-corrected chi connectivity index (χ3v) is 3.67. The van der Waals surface area contributed by atoms with Crippen molar-refractivity contribution in [3.05, 3.63) is 18.3 Å². The normalized spacial score (nSPS) is 16.8. The van der Waals surface area contributed by atoms with Crippen LogP contribution in [0.15, 0.2) is 18.3 Å². The van der Waals surface area contributed by atoms with E-state index in [0.29, 0.717) is 24.4 Å². The second kappa shape index (κ2) is 6.43. The number of urea groups is 1. The zero-order chi connectivity index (χ0) is 15.3. The minimum Gasteiger partial charge on any atom is -0.481 e. The number of methoxy groups -OCH3 is 1. The highest BCUT2D eigenvalue weighted by Crippen LogP contribution is 2.28. The summed E-state index contributed by atoms with van der Waals surface area (Å²) in [5.74, 6) is -0.541. The topological polar surface area (TPSA) is 101 Å². The monoisotopic (exact) mass is 293 g/mol. The lowest BCUT2D eigenvalue weighted by molar-refractivity contribution is -0.145. The maximum atomic E-state index is 12.0. The first-order valence-corrected chi connectivity index (χ1v) is 6.88. The molecule has 7 heteroatoms. The fourth-order valence-corrected chi connectivity index (χ4v) is 2.50. The molecule has 0 aliphatic heterocycles. The molecule has 1 fully saturated rings. The van der Waals surface area contributed by atoms with Gasteiger partial charge >= 0.3 is 12.0 Å². The molecule has 3 N–H and O–H groups in total. The Morgan fingerprint density at radius 2 is 2.00 bits per heavy atom. The molecule has 0 aromatic carbocycles. The zero-order valence-electron chi connectivity index (χ0n) is 11.9. The van der Waals surface area contributed by atoms with Crippen LogP contribution in [0.5, 0.6) is 5.88 Å². The molecule has 2 rings (SSSR count). The van der Waals surface area contributed by atoms with Crippen molar-refractivity contribution in [3.63, 3.8) is 0 Å². The van der Waals surface area contributed by atoms with E-state index < -0.39 is 17.5 Å². The smallest absolute Gasteiger partial charge is 0.329 e. The first-order chi connectivity index (χ1) is 10.1. The van der Waals surface area contributed by atoms with E-state index in [-0.39, 0.29) is 0 Å². The van der Waals surface area contributed by atoms with Crippen LogP contribution in [0.2, 0.25) is 0 Å². The first kappa shape index (κ1) is 15.1. The average Bonchev–Trinajstić information content (AvgIpc) is 2.48. The van der Waals surface area contributed by atoms with Gasteiger partial charge in [-0.25, -0.2) is 14.6 Å². The van der Waals surface area contributed by atoms with E-state index in [9.17, 15) is 14.7 Å². The van der Waals surface area contributed by atoms with Gasteiger partial charge in [-0.15, -0.1) is 0 Å². The maximum absolute atomic E-state index is 12.0. The van der Waals surface area contributed by atoms with Crippen LogP contribution in [0.1, 0.15) is 32.1 Å². The number of pyridine rings is 1. The van der Waals surface area contributed by atoms with E-state index in [4.69, 9.17) is 4.74 Å². The number of rotatable bonds is 4. The molecule has 0 radical (unpaired) electrons. The van der Waals surface area contributed by atoms with E-state index in [1.54, 1.807) is 12.1 Å². The molecule has 2 amide bonds. The summed E-state index contributed by atoms with van der Waals surface area (Å²) in [5.41, 5.74) is -0.688. The highest BCUT2D eigenvalue weighted by Gasteiger charge is 2.40. The molecular formula is C14H19N3O4. The molecule has 1 saturated carbocycles. The number of nitrogens with zero attached hydrogens (tertiary/aromatic N) is 1. The number of aromatic nitrogens is 1. The van der Waals surface area contributed by atoms with Crippen LogP contribution in [0.4, 0.5) is 10.5 Å². The number of carbonyl (C=O) groups is 2. The zero-order valence-corrected chi connectivity index (χ0v) is 11.9. The Morgan fingerprint density at radius 1 is 1.29 bits per heavy atom. The Bertz CT molecular complexity index is 509. The standard InChI is InChI=1S/C14H19N3O4/c1-21-11-6-5-10(9-15-11)16-13(20)17-14(12(18)19)7-3-2-4-8-14/h5-6,9H,2-4,7-8H2,1H3,(H,18,19)(H2,16,17,20). The van der Waals surface area contributed by atoms with Crippen molar-refractivity contribution < 1.29 is 19.4 Å². The van der Waals surface area contributed by atoms with Gasteiger partial charge in [0.05, 0.1) is 19.0 Å². The van der Waals surface area contributed by atoms with E-state index in [1.807, 2.05) is 0 Å². The van der Waals surface area contributed by atoms with Crippen molar-refractivity contribution in [1.29, 1.82) is 0 Å². The average molecular weight is 293 g/mol. The lowest BCUT2D eigenvalue weighted by Crippen LogP contribution is -2.56. The number of anilines is 1. The molecule has 114 valence electrons. The van der Waals surface area contributed by atoms with Crippen molar-refractivity contribution in [2.45, 2.75) is 37.6 Å². The van der Waals surface area contributed by atoms with E-state index in [2.05, 4.69) is 15.6 Å². The van der Waals surface area contributed by atoms with Crippen molar-refractivity contribution in [1.82, 2.24) is 10.3 Å². The lowest BCUT2D eigenvalue weighted by atomic mass is 9.82. The molecule has 0 atom stereocenters. The third kappa shape index (κ3) is 3.62. The van der Waals surface area contributed by atoms with Crippen LogP contribution < -0.4 is 15.4 Å². The summed E-state index contributed by atoms with van der Waals surface area (Å²) in [6, 6.07) is 2.72. The molecule has 1 aromatic heterocycles. The SMILES string of the molecule is COc1ccc(NC(=O)NC2(C(=O)O)CCCCC2)cn1. The van der Waals surface area contributed by atoms with Crippen LogP contribution in [-0.2, 0) is 4.79 Å². The highest BCUT2D eigenvalue weighted by molar-refractivity contribution is 5.93. The minimum atomic E-state index is -1.16. The lowest BCUT2D eigenvalue weighted by Gasteiger charge is -2.33. The van der Waals surface area contributed by atoms with Crippen molar-refractivity contribution >= 4 is 17.7 Å². The summed E-state index contributed by atoms with van der Waals surface area (Å²) < 4.78 is 4.93. The number of nitrogens with one attached hydrogen (secondary N) is 2. The van der Waals surface area contributed by atoms with Crippen LogP contribution in [0, 0.1) is 0 Å². The van der Waals surface area contributed by atoms with Gasteiger partial charge < -0.3 is 20.5 Å². The van der Waals surface area contributed by atoms with Crippen molar-refractivity contribution in [2.75, 3.05) is 12.4 Å². The Labute approximate surface area is 122 Å². The number of amides is 2. The molecule has 1 heterocycles. The molecule has 0 saturated heterocycles. The minimum absolute atomic E-state index is 0.440. The number of carboxylic acid groups (broad SMARTS) is 1. The van der Waals surface area contributed by atoms with Gasteiger partial charge in [0.2, 0.25) is 5.88 Å². The third-order valence-electron chi connectivity index (χ3n) is 3.67. The number of ether oxygens (including phenoxy) is 1. The van der Waals surface area contributed by atoms with E-state index in [0.717, 1.165) is 19.3 Å². The van der Waals surface area contributed by atoms with Crippen LogP contribution in [0.3, 0.4) is 0 Å². The van der Waals surface area contributed by atoms with Gasteiger partial charge in [-0.05, 0) is 18.9 Å². The Kier molecular flexibility index (Phi) is 4.62. The van der Waals surface area contributed by atoms with Crippen LogP contribution in [0.25, 0.3) is 0 Å². The van der Waals surface area contributed by atoms with Gasteiger partial charge in [0, 0.05) is 6.07 Å². The number of hydrogen-bond acceptors (Lipinski definition) is 4. The summed E-state index contributed by atoms with van der Waals surface area (Å²) in [4.78, 5) is 27.4. The first-order valence-electron chi connectivity index (χ1n) is 6.88. The number of hydrogen-bond donors (Lipinski definition) is 3. The molecule has 7 nitrogen and oxygen atoms in total. The van der Waals surface area contributed by atoms with E-state index >= 15 is 0 Å². The largest absolute Gasteiger partial charge is 0.481 e. The Hall–Kier alpha value is -2.31. The predicted molar refractivity (Wildman–Crippen MR) is 76.4 cm³/mol. The molecule has 0 unspecified atom stereocenters. The summed E-state index contributed by atoms with van der Waals surface area (Å²) in [7, 11) is 1.50. The summed E-state index contributed by atoms with van der Waals surface area (Å²) >= 11 is 0. The molecule has 1 aliphatic rings. The van der Waals surface area contributed by atoms with Crippen molar-refractivity contribution in [3.8, 4) is 5.88 Å². The van der Waals surface area contributed by atoms with Gasteiger partial charge in [-0.1, -0.05) is 19.3 Å². The molecule has 1 aromatic rings. The number of carboxylic acids is 1. The quantitative estimate of drug-likeness (QED) is 0.788. The van der Waals surface area contributed by atoms with E-state index in [1.165, 1.54) is 13.3 Å². The van der Waals surface area contributed by atoms with Gasteiger partial charge in [0.15, 0.2) is 0 Å². The fourth-order valence-electron chi connectivity index (χ4n) is 2.50. The summed E-state index contributed by atoms with van der Waals surface area (Å²) in [6.07, 6.45) is 4.97. The van der Waals surface area contributed by atoms with Crippen LogP contribution in [-0.4, -0.2) is 34.7 Å². The Morgan fingerprint density at radius 3 is 2.52 bits per heavy atom. The second-order valence-electron chi connectivity index (χ2n) is 5.12. The predicted octanol–water partition coefficient (Wildman–Crippen LogP) is 2.00.